The van der Waals surface area contributed by atoms with E-state index in [1.807, 2.05) is 29.2 Å². The molecule has 0 saturated carbocycles. The van der Waals surface area contributed by atoms with E-state index in [4.69, 9.17) is 11.6 Å². The average molecular weight is 281 g/mol. The maximum Gasteiger partial charge on any atom is 0.317 e. The summed E-state index contributed by atoms with van der Waals surface area (Å²) in [5, 5.41) is 3.67. The van der Waals surface area contributed by atoms with Crippen molar-refractivity contribution in [1.82, 2.24) is 10.2 Å². The number of piperidine rings is 1. The lowest BCUT2D eigenvalue weighted by Crippen LogP contribution is -2.47. The summed E-state index contributed by atoms with van der Waals surface area (Å²) in [5.74, 6) is 1.17. The summed E-state index contributed by atoms with van der Waals surface area (Å²) in [5.41, 5.74) is 1.03. The van der Waals surface area contributed by atoms with Crippen molar-refractivity contribution in [1.29, 1.82) is 0 Å². The standard InChI is InChI=1S/C15H21ClN2O/c1-11-6-12(2)10-18(9-11)15(19)17-8-13-4-3-5-14(16)7-13/h3-5,7,11-12H,6,8-10H2,1-2H3,(H,17,19). The van der Waals surface area contributed by atoms with Crippen LogP contribution in [-0.4, -0.2) is 24.0 Å². The Morgan fingerprint density at radius 3 is 2.68 bits per heavy atom. The van der Waals surface area contributed by atoms with E-state index in [-0.39, 0.29) is 6.03 Å². The van der Waals surface area contributed by atoms with Crippen molar-refractivity contribution in [2.45, 2.75) is 26.8 Å². The highest BCUT2D eigenvalue weighted by molar-refractivity contribution is 6.30. The van der Waals surface area contributed by atoms with E-state index in [9.17, 15) is 4.79 Å². The fraction of sp³-hybridized carbons (Fsp3) is 0.533. The third-order valence-corrected chi connectivity index (χ3v) is 3.72. The zero-order valence-electron chi connectivity index (χ0n) is 11.5. The molecular formula is C15H21ClN2O. The number of hydrogen-bond donors (Lipinski definition) is 1. The molecule has 1 aromatic carbocycles. The van der Waals surface area contributed by atoms with Crippen molar-refractivity contribution in [2.24, 2.45) is 11.8 Å². The fourth-order valence-corrected chi connectivity index (χ4v) is 2.98. The van der Waals surface area contributed by atoms with E-state index >= 15 is 0 Å². The van der Waals surface area contributed by atoms with Crippen molar-refractivity contribution in [3.63, 3.8) is 0 Å². The predicted molar refractivity (Wildman–Crippen MR) is 78.2 cm³/mol. The van der Waals surface area contributed by atoms with Gasteiger partial charge in [-0.3, -0.25) is 0 Å². The molecule has 0 spiro atoms. The Morgan fingerprint density at radius 1 is 1.37 bits per heavy atom. The number of carbonyl (C=O) groups excluding carboxylic acids is 1. The molecule has 0 bridgehead atoms. The van der Waals surface area contributed by atoms with E-state index in [0.29, 0.717) is 23.4 Å². The molecule has 2 unspecified atom stereocenters. The van der Waals surface area contributed by atoms with Gasteiger partial charge in [-0.15, -0.1) is 0 Å². The SMILES string of the molecule is CC1CC(C)CN(C(=O)NCc2cccc(Cl)c2)C1. The predicted octanol–water partition coefficient (Wildman–Crippen LogP) is 3.53. The first kappa shape index (κ1) is 14.2. The van der Waals surface area contributed by atoms with Crippen molar-refractivity contribution in [3.05, 3.63) is 34.9 Å². The number of urea groups is 1. The van der Waals surface area contributed by atoms with E-state index in [2.05, 4.69) is 19.2 Å². The molecule has 3 nitrogen and oxygen atoms in total. The topological polar surface area (TPSA) is 32.3 Å². The highest BCUT2D eigenvalue weighted by Crippen LogP contribution is 2.20. The first-order chi connectivity index (χ1) is 9.04. The van der Waals surface area contributed by atoms with Crippen molar-refractivity contribution in [2.75, 3.05) is 13.1 Å². The summed E-state index contributed by atoms with van der Waals surface area (Å²) >= 11 is 5.92. The second kappa shape index (κ2) is 6.29. The maximum atomic E-state index is 12.1. The molecule has 1 aliphatic rings. The Labute approximate surface area is 119 Å². The van der Waals surface area contributed by atoms with Crippen LogP contribution in [0.3, 0.4) is 0 Å². The van der Waals surface area contributed by atoms with Crippen LogP contribution in [0.4, 0.5) is 4.79 Å². The molecule has 1 aliphatic heterocycles. The quantitative estimate of drug-likeness (QED) is 0.883. The van der Waals surface area contributed by atoms with E-state index in [0.717, 1.165) is 18.7 Å². The van der Waals surface area contributed by atoms with Crippen molar-refractivity contribution >= 4 is 17.6 Å². The van der Waals surface area contributed by atoms with Crippen LogP contribution in [0, 0.1) is 11.8 Å². The van der Waals surface area contributed by atoms with Gasteiger partial charge >= 0.3 is 6.03 Å². The highest BCUT2D eigenvalue weighted by atomic mass is 35.5. The largest absolute Gasteiger partial charge is 0.334 e. The average Bonchev–Trinajstić information content (AvgIpc) is 2.35. The number of nitrogens with one attached hydrogen (secondary N) is 1. The smallest absolute Gasteiger partial charge is 0.317 e. The lowest BCUT2D eigenvalue weighted by atomic mass is 9.92. The summed E-state index contributed by atoms with van der Waals surface area (Å²) in [7, 11) is 0. The summed E-state index contributed by atoms with van der Waals surface area (Å²) < 4.78 is 0. The van der Waals surface area contributed by atoms with E-state index in [1.54, 1.807) is 0 Å². The van der Waals surface area contributed by atoms with Gasteiger partial charge in [-0.05, 0) is 36.0 Å². The number of benzene rings is 1. The highest BCUT2D eigenvalue weighted by Gasteiger charge is 2.24. The third kappa shape index (κ3) is 4.13. The Hall–Kier alpha value is -1.22. The van der Waals surface area contributed by atoms with Crippen LogP contribution in [0.15, 0.2) is 24.3 Å². The van der Waals surface area contributed by atoms with Crippen LogP contribution >= 0.6 is 11.6 Å². The first-order valence-corrected chi connectivity index (χ1v) is 7.19. The third-order valence-electron chi connectivity index (χ3n) is 3.49. The second-order valence-electron chi connectivity index (χ2n) is 5.64. The van der Waals surface area contributed by atoms with Gasteiger partial charge in [0.25, 0.3) is 0 Å². The molecule has 1 fully saturated rings. The number of amides is 2. The number of likely N-dealkylation sites (tertiary alicyclic amines) is 1. The van der Waals surface area contributed by atoms with Crippen LogP contribution in [0.1, 0.15) is 25.8 Å². The molecule has 1 heterocycles. The van der Waals surface area contributed by atoms with E-state index in [1.165, 1.54) is 6.42 Å². The summed E-state index contributed by atoms with van der Waals surface area (Å²) in [4.78, 5) is 14.0. The van der Waals surface area contributed by atoms with Crippen LogP contribution in [0.5, 0.6) is 0 Å². The molecule has 0 aromatic heterocycles. The van der Waals surface area contributed by atoms with E-state index < -0.39 is 0 Å². The Kier molecular flexibility index (Phi) is 4.70. The van der Waals surface area contributed by atoms with Gasteiger partial charge < -0.3 is 10.2 Å². The zero-order valence-corrected chi connectivity index (χ0v) is 12.3. The number of carbonyl (C=O) groups is 1. The maximum absolute atomic E-state index is 12.1. The zero-order chi connectivity index (χ0) is 13.8. The lowest BCUT2D eigenvalue weighted by molar-refractivity contribution is 0.146. The van der Waals surface area contributed by atoms with Crippen LogP contribution in [-0.2, 0) is 6.54 Å². The molecule has 4 heteroatoms. The van der Waals surface area contributed by atoms with Gasteiger partial charge in [0, 0.05) is 24.7 Å². The fourth-order valence-electron chi connectivity index (χ4n) is 2.77. The minimum atomic E-state index is 0.0263. The van der Waals surface area contributed by atoms with Crippen molar-refractivity contribution < 1.29 is 4.79 Å². The van der Waals surface area contributed by atoms with Gasteiger partial charge in [-0.2, -0.15) is 0 Å². The molecule has 2 atom stereocenters. The normalized spacial score (nSPS) is 23.2. The molecule has 1 aromatic rings. The second-order valence-corrected chi connectivity index (χ2v) is 6.08. The van der Waals surface area contributed by atoms with Gasteiger partial charge in [-0.25, -0.2) is 4.79 Å². The van der Waals surface area contributed by atoms with Crippen LogP contribution in [0.2, 0.25) is 5.02 Å². The number of rotatable bonds is 2. The van der Waals surface area contributed by atoms with Gasteiger partial charge in [-0.1, -0.05) is 37.6 Å². The molecule has 0 aliphatic carbocycles. The van der Waals surface area contributed by atoms with Crippen LogP contribution < -0.4 is 5.32 Å². The van der Waals surface area contributed by atoms with Gasteiger partial charge in [0.2, 0.25) is 0 Å². The summed E-state index contributed by atoms with van der Waals surface area (Å²) in [6.45, 7) is 6.63. The Morgan fingerprint density at radius 2 is 2.05 bits per heavy atom. The molecule has 19 heavy (non-hydrogen) atoms. The van der Waals surface area contributed by atoms with Gasteiger partial charge in [0.15, 0.2) is 0 Å². The number of halogens is 1. The number of hydrogen-bond acceptors (Lipinski definition) is 1. The van der Waals surface area contributed by atoms with Crippen LogP contribution in [0.25, 0.3) is 0 Å². The molecule has 104 valence electrons. The molecule has 0 radical (unpaired) electrons. The first-order valence-electron chi connectivity index (χ1n) is 6.82. The lowest BCUT2D eigenvalue weighted by Gasteiger charge is -2.34. The molecule has 1 saturated heterocycles. The molecule has 1 N–H and O–H groups in total. The Balaban J connectivity index is 1.87. The molecule has 2 rings (SSSR count). The van der Waals surface area contributed by atoms with Crippen molar-refractivity contribution in [3.8, 4) is 0 Å². The molecule has 2 amide bonds. The monoisotopic (exact) mass is 280 g/mol. The Bertz CT molecular complexity index is 440. The molecular weight excluding hydrogens is 260 g/mol. The minimum absolute atomic E-state index is 0.0263. The summed E-state index contributed by atoms with van der Waals surface area (Å²) in [6, 6.07) is 7.60. The summed E-state index contributed by atoms with van der Waals surface area (Å²) in [6.07, 6.45) is 1.21. The van der Waals surface area contributed by atoms with Gasteiger partial charge in [0.1, 0.15) is 0 Å². The van der Waals surface area contributed by atoms with Gasteiger partial charge in [0.05, 0.1) is 0 Å². The minimum Gasteiger partial charge on any atom is -0.334 e. The number of nitrogens with zero attached hydrogens (tertiary/aromatic N) is 1.